The van der Waals surface area contributed by atoms with Gasteiger partial charge in [-0.2, -0.15) is 0 Å². The molecule has 2 saturated heterocycles. The van der Waals surface area contributed by atoms with Crippen LogP contribution in [0.3, 0.4) is 0 Å². The van der Waals surface area contributed by atoms with Gasteiger partial charge in [0.25, 0.3) is 0 Å². The fourth-order valence-electron chi connectivity index (χ4n) is 3.95. The van der Waals surface area contributed by atoms with E-state index in [0.717, 1.165) is 57.4 Å². The lowest BCUT2D eigenvalue weighted by Crippen LogP contribution is -2.48. The van der Waals surface area contributed by atoms with Crippen molar-refractivity contribution in [1.82, 2.24) is 9.80 Å². The van der Waals surface area contributed by atoms with Gasteiger partial charge in [0.15, 0.2) is 0 Å². The van der Waals surface area contributed by atoms with Crippen molar-refractivity contribution in [2.24, 2.45) is 5.92 Å². The topological polar surface area (TPSA) is 15.7 Å². The molecule has 0 saturated carbocycles. The fourth-order valence-corrected chi connectivity index (χ4v) is 3.95. The van der Waals surface area contributed by atoms with Crippen molar-refractivity contribution < 1.29 is 9.13 Å². The summed E-state index contributed by atoms with van der Waals surface area (Å²) in [4.78, 5) is 5.11. The van der Waals surface area contributed by atoms with E-state index in [1.165, 1.54) is 18.4 Å². The molecule has 1 aromatic carbocycles. The molecule has 0 bridgehead atoms. The van der Waals surface area contributed by atoms with E-state index >= 15 is 0 Å². The number of halogens is 1. The first kappa shape index (κ1) is 16.9. The van der Waals surface area contributed by atoms with Crippen molar-refractivity contribution in [1.29, 1.82) is 0 Å². The van der Waals surface area contributed by atoms with Crippen LogP contribution in [0.25, 0.3) is 0 Å². The third-order valence-electron chi connectivity index (χ3n) is 5.63. The monoisotopic (exact) mass is 320 g/mol. The van der Waals surface area contributed by atoms with Crippen molar-refractivity contribution in [3.63, 3.8) is 0 Å². The highest BCUT2D eigenvalue weighted by molar-refractivity contribution is 5.26. The highest BCUT2D eigenvalue weighted by Crippen LogP contribution is 2.26. The summed E-state index contributed by atoms with van der Waals surface area (Å²) < 4.78 is 18.7. The Bertz CT molecular complexity index is 508. The number of morpholine rings is 1. The Labute approximate surface area is 139 Å². The number of nitrogens with zero attached hydrogens (tertiary/aromatic N) is 2. The molecule has 0 spiro atoms. The fraction of sp³-hybridized carbons (Fsp3) is 0.684. The maximum absolute atomic E-state index is 13.2. The summed E-state index contributed by atoms with van der Waals surface area (Å²) in [6, 6.07) is 5.82. The van der Waals surface area contributed by atoms with Gasteiger partial charge in [-0.15, -0.1) is 0 Å². The van der Waals surface area contributed by atoms with E-state index in [2.05, 4.69) is 16.7 Å². The molecule has 1 aromatic rings. The molecule has 2 aliphatic rings. The molecule has 23 heavy (non-hydrogen) atoms. The van der Waals surface area contributed by atoms with E-state index in [1.807, 2.05) is 13.0 Å². The van der Waals surface area contributed by atoms with E-state index < -0.39 is 0 Å². The summed E-state index contributed by atoms with van der Waals surface area (Å²) in [5, 5.41) is 0. The maximum atomic E-state index is 13.2. The average Bonchev–Trinajstić information content (AvgIpc) is 2.58. The number of likely N-dealkylation sites (tertiary alicyclic amines) is 1. The largest absolute Gasteiger partial charge is 0.379 e. The number of benzene rings is 1. The van der Waals surface area contributed by atoms with Crippen LogP contribution in [0, 0.1) is 18.7 Å². The lowest BCUT2D eigenvalue weighted by atomic mass is 9.89. The van der Waals surface area contributed by atoms with Crippen LogP contribution in [-0.2, 0) is 11.3 Å². The molecule has 0 aliphatic carbocycles. The average molecular weight is 320 g/mol. The predicted molar refractivity (Wildman–Crippen MR) is 91.0 cm³/mol. The first-order valence-electron chi connectivity index (χ1n) is 8.92. The Morgan fingerprint density at radius 1 is 1.17 bits per heavy atom. The summed E-state index contributed by atoms with van der Waals surface area (Å²) >= 11 is 0. The molecular formula is C19H29FN2O. The van der Waals surface area contributed by atoms with Crippen LogP contribution in [0.4, 0.5) is 4.39 Å². The Kier molecular flexibility index (Phi) is 5.67. The van der Waals surface area contributed by atoms with Crippen molar-refractivity contribution in [2.75, 3.05) is 39.4 Å². The standard InChI is InChI=1S/C19H29FN2O/c1-15-13-19(20)4-3-18(15)14-21-7-5-17(6-8-21)16(2)22-9-11-23-12-10-22/h3-4,13,16-17H,5-12,14H2,1-2H3/t16-/m0/s1. The molecule has 1 atom stereocenters. The van der Waals surface area contributed by atoms with Gasteiger partial charge in [-0.25, -0.2) is 4.39 Å². The minimum Gasteiger partial charge on any atom is -0.379 e. The van der Waals surface area contributed by atoms with Crippen LogP contribution in [0.1, 0.15) is 30.9 Å². The first-order chi connectivity index (χ1) is 11.1. The molecule has 128 valence electrons. The number of rotatable bonds is 4. The van der Waals surface area contributed by atoms with Crippen LogP contribution < -0.4 is 0 Å². The smallest absolute Gasteiger partial charge is 0.123 e. The molecule has 2 fully saturated rings. The zero-order valence-corrected chi connectivity index (χ0v) is 14.4. The van der Waals surface area contributed by atoms with Gasteiger partial charge in [0.05, 0.1) is 13.2 Å². The molecular weight excluding hydrogens is 291 g/mol. The van der Waals surface area contributed by atoms with Crippen LogP contribution in [0.5, 0.6) is 0 Å². The molecule has 0 amide bonds. The van der Waals surface area contributed by atoms with E-state index in [9.17, 15) is 4.39 Å². The quantitative estimate of drug-likeness (QED) is 0.848. The highest BCUT2D eigenvalue weighted by atomic mass is 19.1. The van der Waals surface area contributed by atoms with Crippen LogP contribution >= 0.6 is 0 Å². The second-order valence-electron chi connectivity index (χ2n) is 7.07. The Morgan fingerprint density at radius 3 is 2.52 bits per heavy atom. The summed E-state index contributed by atoms with van der Waals surface area (Å²) in [6.45, 7) is 11.6. The molecule has 3 nitrogen and oxygen atoms in total. The lowest BCUT2D eigenvalue weighted by molar-refractivity contribution is -0.00193. The van der Waals surface area contributed by atoms with Crippen LogP contribution in [0.2, 0.25) is 0 Å². The van der Waals surface area contributed by atoms with E-state index in [0.29, 0.717) is 6.04 Å². The minimum atomic E-state index is -0.135. The lowest BCUT2D eigenvalue weighted by Gasteiger charge is -2.41. The molecule has 0 N–H and O–H groups in total. The Balaban J connectivity index is 1.49. The predicted octanol–water partition coefficient (Wildman–Crippen LogP) is 3.07. The van der Waals surface area contributed by atoms with Crippen LogP contribution in [-0.4, -0.2) is 55.2 Å². The van der Waals surface area contributed by atoms with Crippen LogP contribution in [0.15, 0.2) is 18.2 Å². The van der Waals surface area contributed by atoms with Gasteiger partial charge in [0.2, 0.25) is 0 Å². The van der Waals surface area contributed by atoms with Gasteiger partial charge in [-0.1, -0.05) is 6.07 Å². The minimum absolute atomic E-state index is 0.135. The van der Waals surface area contributed by atoms with Crippen molar-refractivity contribution in [3.05, 3.63) is 35.1 Å². The van der Waals surface area contributed by atoms with Gasteiger partial charge in [-0.05, 0) is 69.0 Å². The van der Waals surface area contributed by atoms with Crippen molar-refractivity contribution >= 4 is 0 Å². The third-order valence-corrected chi connectivity index (χ3v) is 5.63. The summed E-state index contributed by atoms with van der Waals surface area (Å²) in [5.41, 5.74) is 2.32. The number of ether oxygens (including phenoxy) is 1. The van der Waals surface area contributed by atoms with Gasteiger partial charge in [0.1, 0.15) is 5.82 Å². The van der Waals surface area contributed by atoms with Gasteiger partial charge < -0.3 is 4.74 Å². The molecule has 3 rings (SSSR count). The van der Waals surface area contributed by atoms with E-state index in [4.69, 9.17) is 4.74 Å². The number of piperidine rings is 1. The molecule has 2 aliphatic heterocycles. The SMILES string of the molecule is Cc1cc(F)ccc1CN1CCC([C@H](C)N2CCOCC2)CC1. The summed E-state index contributed by atoms with van der Waals surface area (Å²) in [5.74, 6) is 0.656. The molecule has 0 aromatic heterocycles. The molecule has 2 heterocycles. The summed E-state index contributed by atoms with van der Waals surface area (Å²) in [6.07, 6.45) is 2.53. The van der Waals surface area contributed by atoms with E-state index in [1.54, 1.807) is 12.1 Å². The second-order valence-corrected chi connectivity index (χ2v) is 7.07. The van der Waals surface area contributed by atoms with E-state index in [-0.39, 0.29) is 5.82 Å². The zero-order chi connectivity index (χ0) is 16.2. The Morgan fingerprint density at radius 2 is 1.87 bits per heavy atom. The summed E-state index contributed by atoms with van der Waals surface area (Å²) in [7, 11) is 0. The third kappa shape index (κ3) is 4.31. The first-order valence-corrected chi connectivity index (χ1v) is 8.92. The molecule has 0 radical (unpaired) electrons. The van der Waals surface area contributed by atoms with Gasteiger partial charge in [-0.3, -0.25) is 9.80 Å². The van der Waals surface area contributed by atoms with Gasteiger partial charge in [0, 0.05) is 25.7 Å². The highest BCUT2D eigenvalue weighted by Gasteiger charge is 2.28. The van der Waals surface area contributed by atoms with Crippen molar-refractivity contribution in [2.45, 2.75) is 39.3 Å². The number of hydrogen-bond acceptors (Lipinski definition) is 3. The molecule has 0 unspecified atom stereocenters. The zero-order valence-electron chi connectivity index (χ0n) is 14.4. The molecule has 4 heteroatoms. The second kappa shape index (κ2) is 7.73. The number of hydrogen-bond donors (Lipinski definition) is 0. The Hall–Kier alpha value is -0.970. The van der Waals surface area contributed by atoms with Gasteiger partial charge >= 0.3 is 0 Å². The van der Waals surface area contributed by atoms with Crippen molar-refractivity contribution in [3.8, 4) is 0 Å². The number of aryl methyl sites for hydroxylation is 1. The maximum Gasteiger partial charge on any atom is 0.123 e. The normalized spacial score (nSPS) is 23.1.